The zero-order valence-electron chi connectivity index (χ0n) is 29.0. The third kappa shape index (κ3) is 10.2. The Morgan fingerprint density at radius 2 is 0.881 bits per heavy atom. The molecule has 0 aromatic rings. The van der Waals surface area contributed by atoms with Crippen LogP contribution in [0, 0.1) is 0 Å². The highest BCUT2D eigenvalue weighted by Gasteiger charge is 2.47. The van der Waals surface area contributed by atoms with Gasteiger partial charge in [-0.05, 0) is 75.8 Å². The van der Waals surface area contributed by atoms with Gasteiger partial charge in [0, 0.05) is 0 Å². The highest BCUT2D eigenvalue weighted by atomic mass is 28.4. The summed E-state index contributed by atoms with van der Waals surface area (Å²) in [4.78, 5) is 24.9. The summed E-state index contributed by atoms with van der Waals surface area (Å²) >= 11 is 0. The molecule has 0 radical (unpaired) electrons. The van der Waals surface area contributed by atoms with Crippen LogP contribution >= 0.6 is 0 Å². The van der Waals surface area contributed by atoms with Crippen LogP contribution in [0.5, 0.6) is 0 Å². The second kappa shape index (κ2) is 15.2. The summed E-state index contributed by atoms with van der Waals surface area (Å²) in [5.74, 6) is -0.417. The van der Waals surface area contributed by atoms with Crippen molar-refractivity contribution in [2.24, 2.45) is 0 Å². The molecule has 2 aliphatic rings. The summed E-state index contributed by atoms with van der Waals surface area (Å²) < 4.78 is 24.2. The first-order valence-corrected chi connectivity index (χ1v) is 22.3. The minimum Gasteiger partial charge on any atom is -0.456 e. The van der Waals surface area contributed by atoms with Crippen LogP contribution in [0.1, 0.15) is 120 Å². The average molecular weight is 623 g/mol. The van der Waals surface area contributed by atoms with Gasteiger partial charge in [-0.3, -0.25) is 0 Å². The Labute approximate surface area is 259 Å². The van der Waals surface area contributed by atoms with Crippen LogP contribution < -0.4 is 0 Å². The number of ether oxygens (including phenoxy) is 2. The molecule has 0 bridgehead atoms. The molecule has 4 atom stereocenters. The number of hydrogen-bond donors (Lipinski definition) is 0. The molecule has 2 fully saturated rings. The first-order chi connectivity index (χ1) is 19.3. The summed E-state index contributed by atoms with van der Waals surface area (Å²) in [7, 11) is -3.99. The number of hydrogen-bond acceptors (Lipinski definition) is 6. The van der Waals surface area contributed by atoms with E-state index in [1.807, 2.05) is 13.8 Å². The lowest BCUT2D eigenvalue weighted by atomic mass is 10.0. The van der Waals surface area contributed by atoms with Crippen LogP contribution in [0.2, 0.25) is 36.3 Å². The highest BCUT2D eigenvalue weighted by molar-refractivity contribution is 6.74. The lowest BCUT2D eigenvalue weighted by Gasteiger charge is -2.38. The molecule has 42 heavy (non-hydrogen) atoms. The van der Waals surface area contributed by atoms with Crippen molar-refractivity contribution in [2.45, 2.75) is 180 Å². The standard InChI is InChI=1S/C34H62O6Si2/c1-25-29(39-41(9,10)33(3,4)5)27(31(35)37-25)23-21-19-17-15-13-14-16-18-20-22-24-28-30(26(2)38-32(28)36)40-42(11,12)34(6,7)8/h23-26,29-30H,13-22H2,1-12H3/b27-23-,28-24+/t25-,26-,29+,30+/m0/s1. The van der Waals surface area contributed by atoms with Gasteiger partial charge in [0.05, 0.1) is 11.1 Å². The number of unbranched alkanes of at least 4 members (excludes halogenated alkanes) is 9. The summed E-state index contributed by atoms with van der Waals surface area (Å²) in [5, 5.41) is 0.179. The molecule has 0 spiro atoms. The van der Waals surface area contributed by atoms with Crippen molar-refractivity contribution >= 4 is 28.6 Å². The van der Waals surface area contributed by atoms with E-state index in [1.54, 1.807) is 0 Å². The van der Waals surface area contributed by atoms with Gasteiger partial charge < -0.3 is 18.3 Å². The number of rotatable bonds is 15. The Morgan fingerprint density at radius 3 is 1.17 bits per heavy atom. The van der Waals surface area contributed by atoms with Gasteiger partial charge in [-0.1, -0.05) is 92.2 Å². The van der Waals surface area contributed by atoms with Gasteiger partial charge in [0.2, 0.25) is 0 Å². The molecule has 2 saturated heterocycles. The molecule has 0 N–H and O–H groups in total. The van der Waals surface area contributed by atoms with E-state index in [2.05, 4.69) is 79.9 Å². The van der Waals surface area contributed by atoms with Crippen LogP contribution in [0.3, 0.4) is 0 Å². The Hall–Kier alpha value is -1.23. The first kappa shape index (κ1) is 37.0. The maximum Gasteiger partial charge on any atom is 0.336 e. The van der Waals surface area contributed by atoms with E-state index < -0.39 is 16.6 Å². The predicted octanol–water partition coefficient (Wildman–Crippen LogP) is 9.41. The summed E-state index contributed by atoms with van der Waals surface area (Å²) in [5.41, 5.74) is 1.45. The maximum atomic E-state index is 12.5. The number of carbonyl (C=O) groups excluding carboxylic acids is 2. The molecule has 0 aliphatic carbocycles. The molecule has 2 aliphatic heterocycles. The Balaban J connectivity index is 1.66. The fourth-order valence-corrected chi connectivity index (χ4v) is 7.52. The SMILES string of the molecule is C[C@@H]1OC(=O)/C(=C\CCCCCCCCCC/C=C2/C(=O)O[C@@H](C)[C@H]2O[Si](C)(C)C(C)(C)C)[C@@H]1O[Si](C)(C)C(C)(C)C. The molecular weight excluding hydrogens is 561 g/mol. The third-order valence-corrected chi connectivity index (χ3v) is 18.8. The van der Waals surface area contributed by atoms with Crippen molar-refractivity contribution in [3.63, 3.8) is 0 Å². The van der Waals surface area contributed by atoms with E-state index in [0.29, 0.717) is 0 Å². The van der Waals surface area contributed by atoms with Gasteiger partial charge in [-0.15, -0.1) is 0 Å². The monoisotopic (exact) mass is 622 g/mol. The number of cyclic esters (lactones) is 2. The van der Waals surface area contributed by atoms with Crippen molar-refractivity contribution < 1.29 is 27.9 Å². The number of carbonyl (C=O) groups is 2. The molecule has 6 nitrogen and oxygen atoms in total. The van der Waals surface area contributed by atoms with Crippen LogP contribution in [-0.4, -0.2) is 53.0 Å². The molecule has 2 heterocycles. The Morgan fingerprint density at radius 1 is 0.595 bits per heavy atom. The molecule has 0 unspecified atom stereocenters. The first-order valence-electron chi connectivity index (χ1n) is 16.5. The molecular formula is C34H62O6Si2. The Bertz CT molecular complexity index is 891. The van der Waals surface area contributed by atoms with E-state index in [1.165, 1.54) is 38.5 Å². The summed E-state index contributed by atoms with van der Waals surface area (Å²) in [6.45, 7) is 26.1. The van der Waals surface area contributed by atoms with E-state index >= 15 is 0 Å². The smallest absolute Gasteiger partial charge is 0.336 e. The summed E-state index contributed by atoms with van der Waals surface area (Å²) in [6.07, 6.45) is 14.4. The van der Waals surface area contributed by atoms with Crippen LogP contribution in [0.4, 0.5) is 0 Å². The van der Waals surface area contributed by atoms with Crippen LogP contribution in [-0.2, 0) is 27.9 Å². The number of allylic oxidation sites excluding steroid dienone is 2. The fraction of sp³-hybridized carbons (Fsp3) is 0.824. The predicted molar refractivity (Wildman–Crippen MR) is 178 cm³/mol. The molecule has 0 aromatic heterocycles. The van der Waals surface area contributed by atoms with E-state index in [0.717, 1.165) is 36.8 Å². The quantitative estimate of drug-likeness (QED) is 0.0784. The number of esters is 2. The van der Waals surface area contributed by atoms with Gasteiger partial charge in [-0.25, -0.2) is 9.59 Å². The lowest BCUT2D eigenvalue weighted by molar-refractivity contribution is -0.139. The van der Waals surface area contributed by atoms with Crippen LogP contribution in [0.25, 0.3) is 0 Å². The molecule has 242 valence electrons. The van der Waals surface area contributed by atoms with Gasteiger partial charge in [-0.2, -0.15) is 0 Å². The molecule has 0 aromatic carbocycles. The van der Waals surface area contributed by atoms with Crippen molar-refractivity contribution in [3.8, 4) is 0 Å². The van der Waals surface area contributed by atoms with Crippen molar-refractivity contribution in [3.05, 3.63) is 23.3 Å². The normalized spacial score (nSPS) is 25.9. The van der Waals surface area contributed by atoms with E-state index in [4.69, 9.17) is 18.3 Å². The van der Waals surface area contributed by atoms with Gasteiger partial charge in [0.15, 0.2) is 16.6 Å². The highest BCUT2D eigenvalue weighted by Crippen LogP contribution is 2.41. The minimum atomic E-state index is -2.00. The molecule has 0 amide bonds. The topological polar surface area (TPSA) is 71.1 Å². The van der Waals surface area contributed by atoms with Crippen molar-refractivity contribution in [1.29, 1.82) is 0 Å². The molecule has 8 heteroatoms. The van der Waals surface area contributed by atoms with Crippen LogP contribution in [0.15, 0.2) is 23.3 Å². The fourth-order valence-electron chi connectivity index (χ4n) is 4.91. The zero-order valence-corrected chi connectivity index (χ0v) is 31.0. The average Bonchev–Trinajstić information content (AvgIpc) is 3.25. The molecule has 0 saturated carbocycles. The maximum absolute atomic E-state index is 12.5. The minimum absolute atomic E-state index is 0.0893. The zero-order chi connectivity index (χ0) is 31.9. The van der Waals surface area contributed by atoms with Gasteiger partial charge in [0.25, 0.3) is 0 Å². The second-order valence-corrected chi connectivity index (χ2v) is 25.1. The largest absolute Gasteiger partial charge is 0.456 e. The lowest BCUT2D eigenvalue weighted by Crippen LogP contribution is -2.45. The summed E-state index contributed by atoms with van der Waals surface area (Å²) in [6, 6.07) is 0. The van der Waals surface area contributed by atoms with Gasteiger partial charge in [0.1, 0.15) is 24.4 Å². The Kier molecular flexibility index (Phi) is 13.4. The van der Waals surface area contributed by atoms with E-state index in [9.17, 15) is 9.59 Å². The second-order valence-electron chi connectivity index (χ2n) is 15.5. The van der Waals surface area contributed by atoms with Crippen molar-refractivity contribution in [1.82, 2.24) is 0 Å². The molecule has 2 rings (SSSR count). The van der Waals surface area contributed by atoms with Crippen molar-refractivity contribution in [2.75, 3.05) is 0 Å². The van der Waals surface area contributed by atoms with E-state index in [-0.39, 0.29) is 46.4 Å². The third-order valence-electron chi connectivity index (χ3n) is 9.87. The van der Waals surface area contributed by atoms with Gasteiger partial charge >= 0.3 is 11.9 Å².